The molecule has 1 aliphatic heterocycles. The van der Waals surface area contributed by atoms with Crippen LogP contribution in [0.2, 0.25) is 0 Å². The third-order valence-corrected chi connectivity index (χ3v) is 4.28. The molecule has 2 nitrogen and oxygen atoms in total. The number of rotatable bonds is 5. The van der Waals surface area contributed by atoms with Crippen molar-refractivity contribution in [2.45, 2.75) is 72.6 Å². The predicted octanol–water partition coefficient (Wildman–Crippen LogP) is 5.30. The molecule has 126 valence electrons. The first-order valence-corrected chi connectivity index (χ1v) is 9.02. The van der Waals surface area contributed by atoms with Crippen molar-refractivity contribution in [3.63, 3.8) is 0 Å². The summed E-state index contributed by atoms with van der Waals surface area (Å²) in [5.41, 5.74) is 1.31. The van der Waals surface area contributed by atoms with E-state index >= 15 is 0 Å². The summed E-state index contributed by atoms with van der Waals surface area (Å²) in [5.74, 6) is 0.514. The third-order valence-electron chi connectivity index (χ3n) is 4.28. The Balaban J connectivity index is 0.00000116. The van der Waals surface area contributed by atoms with Crippen LogP contribution in [0, 0.1) is 5.92 Å². The van der Waals surface area contributed by atoms with Gasteiger partial charge in [0.05, 0.1) is 12.2 Å². The molecule has 0 N–H and O–H groups in total. The third kappa shape index (κ3) is 5.73. The van der Waals surface area contributed by atoms with Gasteiger partial charge in [0.25, 0.3) is 0 Å². The van der Waals surface area contributed by atoms with Crippen LogP contribution in [0.3, 0.4) is 0 Å². The second-order valence-electron chi connectivity index (χ2n) is 6.54. The Bertz CT molecular complexity index is 380. The van der Waals surface area contributed by atoms with E-state index in [1.165, 1.54) is 18.7 Å². The summed E-state index contributed by atoms with van der Waals surface area (Å²) in [4.78, 5) is 2.55. The lowest BCUT2D eigenvalue weighted by Gasteiger charge is -2.36. The molecule has 0 saturated carbocycles. The molecule has 0 spiro atoms. The number of hydrogen-bond acceptors (Lipinski definition) is 2. The largest absolute Gasteiger partial charge is 0.370 e. The zero-order valence-electron chi connectivity index (χ0n) is 15.4. The van der Waals surface area contributed by atoms with Crippen LogP contribution in [0.15, 0.2) is 30.3 Å². The summed E-state index contributed by atoms with van der Waals surface area (Å²) >= 11 is 0. The topological polar surface area (TPSA) is 12.5 Å². The van der Waals surface area contributed by atoms with Crippen molar-refractivity contribution in [3.05, 3.63) is 35.9 Å². The van der Waals surface area contributed by atoms with Gasteiger partial charge < -0.3 is 9.64 Å². The van der Waals surface area contributed by atoms with Gasteiger partial charge in [0.2, 0.25) is 0 Å². The molecule has 0 amide bonds. The van der Waals surface area contributed by atoms with Crippen LogP contribution in [0.4, 0.5) is 0 Å². The normalized spacial score (nSPS) is 18.2. The molecule has 1 fully saturated rings. The van der Waals surface area contributed by atoms with Crippen LogP contribution in [0.5, 0.6) is 0 Å². The van der Waals surface area contributed by atoms with E-state index in [1.54, 1.807) is 0 Å². The van der Waals surface area contributed by atoms with Crippen LogP contribution in [0.1, 0.15) is 66.1 Å². The summed E-state index contributed by atoms with van der Waals surface area (Å²) in [5, 5.41) is 0. The Kier molecular flexibility index (Phi) is 8.74. The Morgan fingerprint density at radius 3 is 1.95 bits per heavy atom. The monoisotopic (exact) mass is 305 g/mol. The van der Waals surface area contributed by atoms with Gasteiger partial charge in [-0.1, -0.05) is 58.0 Å². The molecule has 1 aromatic rings. The van der Waals surface area contributed by atoms with Crippen LogP contribution >= 0.6 is 0 Å². The predicted molar refractivity (Wildman–Crippen MR) is 96.2 cm³/mol. The lowest BCUT2D eigenvalue weighted by molar-refractivity contribution is -0.0659. The van der Waals surface area contributed by atoms with Crippen molar-refractivity contribution in [2.24, 2.45) is 5.92 Å². The molecule has 0 radical (unpaired) electrons. The summed E-state index contributed by atoms with van der Waals surface area (Å²) in [7, 11) is 0. The number of hydrogen-bond donors (Lipinski definition) is 0. The smallest absolute Gasteiger partial charge is 0.0851 e. The summed E-state index contributed by atoms with van der Waals surface area (Å²) in [6.07, 6.45) is 2.96. The first-order valence-electron chi connectivity index (χ1n) is 9.02. The van der Waals surface area contributed by atoms with Gasteiger partial charge in [-0.25, -0.2) is 0 Å². The average Bonchev–Trinajstić information content (AvgIpc) is 2.55. The standard InChI is InChI=1S/C18H29NO.C2H6/c1-14(2)18(16-8-6-5-7-9-16)20-17-10-12-19(13-11-17)15(3)4;1-2/h5-9,14-15,17-18H,10-13H2,1-4H3;1-2H3. The maximum atomic E-state index is 6.44. The van der Waals surface area contributed by atoms with Crippen molar-refractivity contribution in [2.75, 3.05) is 13.1 Å². The fourth-order valence-electron chi connectivity index (χ4n) is 3.00. The lowest BCUT2D eigenvalue weighted by atomic mass is 9.97. The van der Waals surface area contributed by atoms with Gasteiger partial charge in [0.1, 0.15) is 0 Å². The molecule has 22 heavy (non-hydrogen) atoms. The summed E-state index contributed by atoms with van der Waals surface area (Å²) in [6.45, 7) is 15.4. The van der Waals surface area contributed by atoms with Crippen LogP contribution in [-0.4, -0.2) is 30.1 Å². The molecule has 0 bridgehead atoms. The molecule has 1 heterocycles. The number of piperidine rings is 1. The highest BCUT2D eigenvalue weighted by Crippen LogP contribution is 2.30. The number of ether oxygens (including phenoxy) is 1. The van der Waals surface area contributed by atoms with Crippen molar-refractivity contribution in [3.8, 4) is 0 Å². The fourth-order valence-corrected chi connectivity index (χ4v) is 3.00. The number of benzene rings is 1. The van der Waals surface area contributed by atoms with E-state index in [9.17, 15) is 0 Å². The Morgan fingerprint density at radius 1 is 0.955 bits per heavy atom. The quantitative estimate of drug-likeness (QED) is 0.732. The van der Waals surface area contributed by atoms with E-state index in [2.05, 4.69) is 62.9 Å². The SMILES string of the molecule is CC.CC(C)C(OC1CCN(C(C)C)CC1)c1ccccc1. The number of likely N-dealkylation sites (tertiary alicyclic amines) is 1. The second kappa shape index (κ2) is 10.0. The number of nitrogens with zero attached hydrogens (tertiary/aromatic N) is 1. The highest BCUT2D eigenvalue weighted by molar-refractivity contribution is 5.18. The van der Waals surface area contributed by atoms with E-state index in [-0.39, 0.29) is 6.10 Å². The molecule has 0 aliphatic carbocycles. The lowest BCUT2D eigenvalue weighted by Crippen LogP contribution is -2.41. The Morgan fingerprint density at radius 2 is 1.50 bits per heavy atom. The molecular formula is C20H35NO. The molecule has 2 rings (SSSR count). The zero-order chi connectivity index (χ0) is 16.5. The van der Waals surface area contributed by atoms with E-state index in [1.807, 2.05) is 13.8 Å². The fraction of sp³-hybridized carbons (Fsp3) is 0.700. The molecule has 2 heteroatoms. The minimum atomic E-state index is 0.229. The minimum absolute atomic E-state index is 0.229. The molecule has 0 aromatic heterocycles. The molecule has 1 saturated heterocycles. The van der Waals surface area contributed by atoms with E-state index in [4.69, 9.17) is 4.74 Å². The first-order chi connectivity index (χ1) is 10.6. The molecule has 1 atom stereocenters. The molecule has 1 unspecified atom stereocenters. The van der Waals surface area contributed by atoms with Gasteiger partial charge >= 0.3 is 0 Å². The maximum Gasteiger partial charge on any atom is 0.0851 e. The molecular weight excluding hydrogens is 270 g/mol. The van der Waals surface area contributed by atoms with E-state index in [0.29, 0.717) is 18.1 Å². The summed E-state index contributed by atoms with van der Waals surface area (Å²) < 4.78 is 6.44. The van der Waals surface area contributed by atoms with Gasteiger partial charge in [-0.3, -0.25) is 0 Å². The van der Waals surface area contributed by atoms with Crippen LogP contribution in [0.25, 0.3) is 0 Å². The van der Waals surface area contributed by atoms with Gasteiger partial charge in [0.15, 0.2) is 0 Å². The average molecular weight is 306 g/mol. The first kappa shape index (κ1) is 19.2. The van der Waals surface area contributed by atoms with Gasteiger partial charge in [0, 0.05) is 19.1 Å². The van der Waals surface area contributed by atoms with Gasteiger partial charge in [-0.05, 0) is 38.2 Å². The maximum absolute atomic E-state index is 6.44. The zero-order valence-corrected chi connectivity index (χ0v) is 15.4. The summed E-state index contributed by atoms with van der Waals surface area (Å²) in [6, 6.07) is 11.3. The van der Waals surface area contributed by atoms with Crippen molar-refractivity contribution >= 4 is 0 Å². The van der Waals surface area contributed by atoms with Crippen molar-refractivity contribution < 1.29 is 4.74 Å². The van der Waals surface area contributed by atoms with Crippen molar-refractivity contribution in [1.29, 1.82) is 0 Å². The van der Waals surface area contributed by atoms with Crippen LogP contribution in [-0.2, 0) is 4.74 Å². The molecule has 1 aromatic carbocycles. The van der Waals surface area contributed by atoms with E-state index in [0.717, 1.165) is 12.8 Å². The minimum Gasteiger partial charge on any atom is -0.370 e. The van der Waals surface area contributed by atoms with Crippen LogP contribution < -0.4 is 0 Å². The van der Waals surface area contributed by atoms with Crippen molar-refractivity contribution in [1.82, 2.24) is 4.90 Å². The van der Waals surface area contributed by atoms with Gasteiger partial charge in [-0.2, -0.15) is 0 Å². The highest BCUT2D eigenvalue weighted by atomic mass is 16.5. The Hall–Kier alpha value is -0.860. The highest BCUT2D eigenvalue weighted by Gasteiger charge is 2.26. The van der Waals surface area contributed by atoms with E-state index < -0.39 is 0 Å². The second-order valence-corrected chi connectivity index (χ2v) is 6.54. The molecule has 1 aliphatic rings. The Labute approximate surface area is 137 Å². The van der Waals surface area contributed by atoms with Gasteiger partial charge in [-0.15, -0.1) is 0 Å².